The van der Waals surface area contributed by atoms with Crippen LogP contribution < -0.4 is 19.9 Å². The summed E-state index contributed by atoms with van der Waals surface area (Å²) in [6.45, 7) is 4.33. The van der Waals surface area contributed by atoms with E-state index in [1.54, 1.807) is 6.07 Å². The quantitative estimate of drug-likeness (QED) is 0.692. The predicted molar refractivity (Wildman–Crippen MR) is 109 cm³/mol. The lowest BCUT2D eigenvalue weighted by Gasteiger charge is -2.15. The van der Waals surface area contributed by atoms with Gasteiger partial charge < -0.3 is 15.2 Å². The van der Waals surface area contributed by atoms with Crippen molar-refractivity contribution >= 4 is 22.4 Å². The fraction of sp³-hybridized carbons (Fsp3) is 0.368. The SMILES string of the molecule is COc1ccc(S(=O)(=O)NCC(N)c2ccc(C(C)C)cc2)cc1OC.Cl. The molecule has 0 amide bonds. The second kappa shape index (κ2) is 9.94. The van der Waals surface area contributed by atoms with E-state index in [1.807, 2.05) is 24.3 Å². The zero-order valence-electron chi connectivity index (χ0n) is 15.9. The number of methoxy groups -OCH3 is 2. The van der Waals surface area contributed by atoms with Gasteiger partial charge in [-0.05, 0) is 29.2 Å². The molecule has 0 aliphatic carbocycles. The molecule has 8 heteroatoms. The molecular formula is C19H27ClN2O4S. The van der Waals surface area contributed by atoms with Crippen molar-refractivity contribution in [3.05, 3.63) is 53.6 Å². The first-order chi connectivity index (χ1) is 12.3. The van der Waals surface area contributed by atoms with Gasteiger partial charge >= 0.3 is 0 Å². The third-order valence-electron chi connectivity index (χ3n) is 4.19. The molecular weight excluding hydrogens is 388 g/mol. The van der Waals surface area contributed by atoms with Crippen LogP contribution in [0.1, 0.15) is 36.9 Å². The summed E-state index contributed by atoms with van der Waals surface area (Å²) >= 11 is 0. The molecule has 1 atom stereocenters. The second-order valence-electron chi connectivity index (χ2n) is 6.30. The lowest BCUT2D eigenvalue weighted by molar-refractivity contribution is 0.354. The maximum atomic E-state index is 12.5. The average Bonchev–Trinajstić information content (AvgIpc) is 2.65. The largest absolute Gasteiger partial charge is 0.493 e. The number of hydrogen-bond donors (Lipinski definition) is 2. The summed E-state index contributed by atoms with van der Waals surface area (Å²) in [6, 6.07) is 11.9. The maximum absolute atomic E-state index is 12.5. The number of nitrogens with two attached hydrogens (primary N) is 1. The average molecular weight is 415 g/mol. The van der Waals surface area contributed by atoms with Crippen molar-refractivity contribution in [2.24, 2.45) is 5.73 Å². The summed E-state index contributed by atoms with van der Waals surface area (Å²) in [5.41, 5.74) is 8.23. The van der Waals surface area contributed by atoms with Crippen LogP contribution in [0.4, 0.5) is 0 Å². The van der Waals surface area contributed by atoms with Gasteiger partial charge in [-0.15, -0.1) is 12.4 Å². The Hall–Kier alpha value is -1.80. The summed E-state index contributed by atoms with van der Waals surface area (Å²) < 4.78 is 37.9. The standard InChI is InChI=1S/C19H26N2O4S.ClH/c1-13(2)14-5-7-15(8-6-14)17(20)12-21-26(22,23)16-9-10-18(24-3)19(11-16)25-4;/h5-11,13,17,21H,12,20H2,1-4H3;1H. The van der Waals surface area contributed by atoms with Crippen LogP contribution in [0.15, 0.2) is 47.4 Å². The fourth-order valence-electron chi connectivity index (χ4n) is 2.51. The Labute approximate surface area is 167 Å². The van der Waals surface area contributed by atoms with Gasteiger partial charge in [0.2, 0.25) is 10.0 Å². The van der Waals surface area contributed by atoms with Crippen molar-refractivity contribution < 1.29 is 17.9 Å². The Bertz CT molecular complexity index is 839. The third kappa shape index (κ3) is 5.84. The van der Waals surface area contributed by atoms with E-state index in [0.717, 1.165) is 5.56 Å². The van der Waals surface area contributed by atoms with Crippen LogP contribution in [0.2, 0.25) is 0 Å². The molecule has 27 heavy (non-hydrogen) atoms. The molecule has 2 rings (SSSR count). The fourth-order valence-corrected chi connectivity index (χ4v) is 3.59. The summed E-state index contributed by atoms with van der Waals surface area (Å²) in [5.74, 6) is 1.25. The van der Waals surface area contributed by atoms with Gasteiger partial charge in [-0.1, -0.05) is 38.1 Å². The van der Waals surface area contributed by atoms with Crippen molar-refractivity contribution in [2.75, 3.05) is 20.8 Å². The van der Waals surface area contributed by atoms with Gasteiger partial charge in [-0.2, -0.15) is 0 Å². The van der Waals surface area contributed by atoms with Gasteiger partial charge in [0.15, 0.2) is 11.5 Å². The first-order valence-corrected chi connectivity index (χ1v) is 9.84. The van der Waals surface area contributed by atoms with Gasteiger partial charge in [0.25, 0.3) is 0 Å². The number of halogens is 1. The van der Waals surface area contributed by atoms with Gasteiger partial charge in [0.1, 0.15) is 0 Å². The van der Waals surface area contributed by atoms with Gasteiger partial charge in [0, 0.05) is 18.7 Å². The topological polar surface area (TPSA) is 90.7 Å². The molecule has 0 aliphatic heterocycles. The lowest BCUT2D eigenvalue weighted by atomic mass is 9.99. The number of sulfonamides is 1. The molecule has 2 aromatic carbocycles. The zero-order chi connectivity index (χ0) is 19.3. The Morgan fingerprint density at radius 3 is 2.04 bits per heavy atom. The number of ether oxygens (including phenoxy) is 2. The highest BCUT2D eigenvalue weighted by Gasteiger charge is 2.18. The number of benzene rings is 2. The molecule has 0 spiro atoms. The summed E-state index contributed by atoms with van der Waals surface area (Å²) in [5, 5.41) is 0. The molecule has 0 heterocycles. The molecule has 2 aromatic rings. The third-order valence-corrected chi connectivity index (χ3v) is 5.61. The Kier molecular flexibility index (Phi) is 8.56. The van der Waals surface area contributed by atoms with Crippen molar-refractivity contribution in [3.63, 3.8) is 0 Å². The van der Waals surface area contributed by atoms with Crippen LogP contribution in [0.3, 0.4) is 0 Å². The first-order valence-electron chi connectivity index (χ1n) is 8.35. The van der Waals surface area contributed by atoms with E-state index in [4.69, 9.17) is 15.2 Å². The highest BCUT2D eigenvalue weighted by Crippen LogP contribution is 2.29. The van der Waals surface area contributed by atoms with Crippen molar-refractivity contribution in [3.8, 4) is 11.5 Å². The van der Waals surface area contributed by atoms with E-state index in [9.17, 15) is 8.42 Å². The van der Waals surface area contributed by atoms with Crippen molar-refractivity contribution in [1.82, 2.24) is 4.72 Å². The zero-order valence-corrected chi connectivity index (χ0v) is 17.6. The van der Waals surface area contributed by atoms with Crippen molar-refractivity contribution in [1.29, 1.82) is 0 Å². The monoisotopic (exact) mass is 414 g/mol. The molecule has 0 saturated carbocycles. The number of hydrogen-bond acceptors (Lipinski definition) is 5. The van der Waals surface area contributed by atoms with E-state index in [0.29, 0.717) is 17.4 Å². The minimum absolute atomic E-state index is 0. The Balaban J connectivity index is 0.00000364. The molecule has 0 aliphatic rings. The summed E-state index contributed by atoms with van der Waals surface area (Å²) in [4.78, 5) is 0.0949. The van der Waals surface area contributed by atoms with E-state index < -0.39 is 16.1 Å². The molecule has 0 fully saturated rings. The molecule has 0 radical (unpaired) electrons. The van der Waals surface area contributed by atoms with Crippen LogP contribution in [-0.4, -0.2) is 29.2 Å². The van der Waals surface area contributed by atoms with Crippen LogP contribution >= 0.6 is 12.4 Å². The Morgan fingerprint density at radius 1 is 0.963 bits per heavy atom. The summed E-state index contributed by atoms with van der Waals surface area (Å²) in [7, 11) is -0.757. The van der Waals surface area contributed by atoms with E-state index in [1.165, 1.54) is 31.9 Å². The molecule has 150 valence electrons. The highest BCUT2D eigenvalue weighted by molar-refractivity contribution is 7.89. The van der Waals surface area contributed by atoms with Gasteiger partial charge in [-0.25, -0.2) is 13.1 Å². The normalized spacial score (nSPS) is 12.4. The molecule has 6 nitrogen and oxygen atoms in total. The van der Waals surface area contributed by atoms with Crippen LogP contribution in [-0.2, 0) is 10.0 Å². The maximum Gasteiger partial charge on any atom is 0.240 e. The second-order valence-corrected chi connectivity index (χ2v) is 8.06. The van der Waals surface area contributed by atoms with E-state index in [2.05, 4.69) is 18.6 Å². The van der Waals surface area contributed by atoms with Gasteiger partial charge in [0.05, 0.1) is 19.1 Å². The Morgan fingerprint density at radius 2 is 1.52 bits per heavy atom. The summed E-state index contributed by atoms with van der Waals surface area (Å²) in [6.07, 6.45) is 0. The number of rotatable bonds is 8. The van der Waals surface area contributed by atoms with Crippen molar-refractivity contribution in [2.45, 2.75) is 30.7 Å². The number of nitrogens with one attached hydrogen (secondary N) is 1. The molecule has 0 bridgehead atoms. The van der Waals surface area contributed by atoms with Gasteiger partial charge in [-0.3, -0.25) is 0 Å². The molecule has 0 aromatic heterocycles. The molecule has 1 unspecified atom stereocenters. The van der Waals surface area contributed by atoms with E-state index >= 15 is 0 Å². The molecule has 3 N–H and O–H groups in total. The lowest BCUT2D eigenvalue weighted by Crippen LogP contribution is -2.32. The minimum Gasteiger partial charge on any atom is -0.493 e. The predicted octanol–water partition coefficient (Wildman–Crippen LogP) is 3.23. The smallest absolute Gasteiger partial charge is 0.240 e. The van der Waals surface area contributed by atoms with E-state index in [-0.39, 0.29) is 23.8 Å². The van der Waals surface area contributed by atoms with Crippen LogP contribution in [0.25, 0.3) is 0 Å². The van der Waals surface area contributed by atoms with Crippen LogP contribution in [0.5, 0.6) is 11.5 Å². The minimum atomic E-state index is -3.71. The first kappa shape index (κ1) is 23.2. The van der Waals surface area contributed by atoms with Crippen LogP contribution in [0, 0.1) is 0 Å². The highest BCUT2D eigenvalue weighted by atomic mass is 35.5. The molecule has 0 saturated heterocycles.